The first-order valence-electron chi connectivity index (χ1n) is 4.53. The minimum Gasteiger partial charge on any atom is -0.300 e. The first kappa shape index (κ1) is 8.95. The summed E-state index contributed by atoms with van der Waals surface area (Å²) < 4.78 is 1.13. The summed E-state index contributed by atoms with van der Waals surface area (Å²) in [4.78, 5) is 11.1. The fraction of sp³-hybridized carbons (Fsp3) is 0.364. The Labute approximate surface area is 86.3 Å². The molecule has 0 spiro atoms. The van der Waals surface area contributed by atoms with Gasteiger partial charge in [-0.1, -0.05) is 34.1 Å². The highest BCUT2D eigenvalue weighted by Crippen LogP contribution is 2.35. The molecular weight excluding hydrogens is 228 g/mol. The van der Waals surface area contributed by atoms with E-state index in [1.165, 1.54) is 5.56 Å². The SMILES string of the molecule is O=C1CC[C@H](c2ccccc2Br)C1. The predicted molar refractivity (Wildman–Crippen MR) is 55.7 cm³/mol. The van der Waals surface area contributed by atoms with E-state index in [-0.39, 0.29) is 0 Å². The van der Waals surface area contributed by atoms with Gasteiger partial charge in [0, 0.05) is 17.3 Å². The van der Waals surface area contributed by atoms with Crippen molar-refractivity contribution in [2.45, 2.75) is 25.2 Å². The van der Waals surface area contributed by atoms with Crippen LogP contribution >= 0.6 is 15.9 Å². The molecule has 2 heteroatoms. The second-order valence-electron chi connectivity index (χ2n) is 3.50. The van der Waals surface area contributed by atoms with Crippen LogP contribution in [0.5, 0.6) is 0 Å². The highest BCUT2D eigenvalue weighted by molar-refractivity contribution is 9.10. The summed E-state index contributed by atoms with van der Waals surface area (Å²) >= 11 is 3.51. The topological polar surface area (TPSA) is 17.1 Å². The van der Waals surface area contributed by atoms with E-state index in [4.69, 9.17) is 0 Å². The van der Waals surface area contributed by atoms with E-state index < -0.39 is 0 Å². The van der Waals surface area contributed by atoms with E-state index in [0.717, 1.165) is 23.7 Å². The summed E-state index contributed by atoms with van der Waals surface area (Å²) in [6, 6.07) is 8.18. The monoisotopic (exact) mass is 238 g/mol. The highest BCUT2D eigenvalue weighted by Gasteiger charge is 2.24. The number of Topliss-reactive ketones (excluding diaryl/α,β-unsaturated/α-hetero) is 1. The van der Waals surface area contributed by atoms with E-state index in [9.17, 15) is 4.79 Å². The van der Waals surface area contributed by atoms with Crippen molar-refractivity contribution in [3.8, 4) is 0 Å². The van der Waals surface area contributed by atoms with Crippen LogP contribution in [0.3, 0.4) is 0 Å². The standard InChI is InChI=1S/C11H11BrO/c12-11-4-2-1-3-10(11)8-5-6-9(13)7-8/h1-4,8H,5-7H2/t8-/m0/s1. The number of hydrogen-bond donors (Lipinski definition) is 0. The summed E-state index contributed by atoms with van der Waals surface area (Å²) in [5, 5.41) is 0. The van der Waals surface area contributed by atoms with Gasteiger partial charge in [0.2, 0.25) is 0 Å². The van der Waals surface area contributed by atoms with Crippen LogP contribution in [0.1, 0.15) is 30.7 Å². The Morgan fingerprint density at radius 1 is 1.31 bits per heavy atom. The molecule has 0 bridgehead atoms. The summed E-state index contributed by atoms with van der Waals surface area (Å²) in [7, 11) is 0. The van der Waals surface area contributed by atoms with Gasteiger partial charge < -0.3 is 0 Å². The Bertz CT molecular complexity index is 333. The van der Waals surface area contributed by atoms with Gasteiger partial charge in [-0.3, -0.25) is 4.79 Å². The van der Waals surface area contributed by atoms with Crippen molar-refractivity contribution < 1.29 is 4.79 Å². The Morgan fingerprint density at radius 2 is 2.08 bits per heavy atom. The van der Waals surface area contributed by atoms with Crippen LogP contribution in [0, 0.1) is 0 Å². The van der Waals surface area contributed by atoms with Gasteiger partial charge in [0.15, 0.2) is 0 Å². The maximum atomic E-state index is 11.1. The van der Waals surface area contributed by atoms with E-state index in [1.54, 1.807) is 0 Å². The van der Waals surface area contributed by atoms with Crippen LogP contribution in [0.4, 0.5) is 0 Å². The fourth-order valence-corrected chi connectivity index (χ4v) is 2.49. The molecule has 2 rings (SSSR count). The van der Waals surface area contributed by atoms with Crippen molar-refractivity contribution in [2.75, 3.05) is 0 Å². The Kier molecular flexibility index (Phi) is 2.49. The van der Waals surface area contributed by atoms with Gasteiger partial charge in [-0.25, -0.2) is 0 Å². The molecule has 0 N–H and O–H groups in total. The first-order valence-corrected chi connectivity index (χ1v) is 5.33. The lowest BCUT2D eigenvalue weighted by Crippen LogP contribution is -1.94. The van der Waals surface area contributed by atoms with Crippen LogP contribution < -0.4 is 0 Å². The predicted octanol–water partition coefficient (Wildman–Crippen LogP) is 3.29. The third-order valence-electron chi connectivity index (χ3n) is 2.59. The van der Waals surface area contributed by atoms with Crippen LogP contribution in [-0.4, -0.2) is 5.78 Å². The van der Waals surface area contributed by atoms with Gasteiger partial charge in [0.1, 0.15) is 5.78 Å². The second kappa shape index (κ2) is 3.62. The van der Waals surface area contributed by atoms with Gasteiger partial charge >= 0.3 is 0 Å². The minimum absolute atomic E-state index is 0.403. The molecule has 0 heterocycles. The molecule has 68 valence electrons. The molecule has 13 heavy (non-hydrogen) atoms. The zero-order valence-corrected chi connectivity index (χ0v) is 8.88. The summed E-state index contributed by atoms with van der Waals surface area (Å²) in [6.45, 7) is 0. The molecule has 0 radical (unpaired) electrons. The van der Waals surface area contributed by atoms with E-state index in [2.05, 4.69) is 22.0 Å². The third kappa shape index (κ3) is 1.83. The van der Waals surface area contributed by atoms with Crippen LogP contribution in [0.25, 0.3) is 0 Å². The maximum absolute atomic E-state index is 11.1. The number of rotatable bonds is 1. The Morgan fingerprint density at radius 3 is 2.69 bits per heavy atom. The molecule has 0 unspecified atom stereocenters. The van der Waals surface area contributed by atoms with Crippen LogP contribution in [0.15, 0.2) is 28.7 Å². The van der Waals surface area contributed by atoms with Crippen molar-refractivity contribution in [1.29, 1.82) is 0 Å². The zero-order chi connectivity index (χ0) is 9.26. The number of benzene rings is 1. The number of carbonyl (C=O) groups excluding carboxylic acids is 1. The number of hydrogen-bond acceptors (Lipinski definition) is 1. The maximum Gasteiger partial charge on any atom is 0.133 e. The Balaban J connectivity index is 2.26. The van der Waals surface area contributed by atoms with Gasteiger partial charge in [-0.15, -0.1) is 0 Å². The summed E-state index contributed by atoms with van der Waals surface area (Å²) in [5.41, 5.74) is 1.29. The van der Waals surface area contributed by atoms with Crippen molar-refractivity contribution >= 4 is 21.7 Å². The molecule has 0 aromatic heterocycles. The molecule has 0 amide bonds. The lowest BCUT2D eigenvalue weighted by atomic mass is 9.98. The fourth-order valence-electron chi connectivity index (χ4n) is 1.89. The quantitative estimate of drug-likeness (QED) is 0.734. The van der Waals surface area contributed by atoms with Crippen LogP contribution in [0.2, 0.25) is 0 Å². The van der Waals surface area contributed by atoms with Crippen molar-refractivity contribution in [3.63, 3.8) is 0 Å². The average molecular weight is 239 g/mol. The molecule has 1 aromatic carbocycles. The molecular formula is C11H11BrO. The van der Waals surface area contributed by atoms with Gasteiger partial charge in [-0.2, -0.15) is 0 Å². The minimum atomic E-state index is 0.403. The molecule has 1 aliphatic rings. The van der Waals surface area contributed by atoms with Gasteiger partial charge in [-0.05, 0) is 24.0 Å². The molecule has 1 fully saturated rings. The van der Waals surface area contributed by atoms with E-state index in [1.807, 2.05) is 18.2 Å². The van der Waals surface area contributed by atoms with Gasteiger partial charge in [0.25, 0.3) is 0 Å². The third-order valence-corrected chi connectivity index (χ3v) is 3.31. The zero-order valence-electron chi connectivity index (χ0n) is 7.29. The smallest absolute Gasteiger partial charge is 0.133 e. The molecule has 1 saturated carbocycles. The highest BCUT2D eigenvalue weighted by atomic mass is 79.9. The van der Waals surface area contributed by atoms with Crippen molar-refractivity contribution in [3.05, 3.63) is 34.3 Å². The first-order chi connectivity index (χ1) is 6.27. The second-order valence-corrected chi connectivity index (χ2v) is 4.35. The summed E-state index contributed by atoms with van der Waals surface area (Å²) in [6.07, 6.45) is 2.50. The molecule has 0 saturated heterocycles. The van der Waals surface area contributed by atoms with E-state index >= 15 is 0 Å². The normalized spacial score (nSPS) is 22.2. The van der Waals surface area contributed by atoms with E-state index in [0.29, 0.717) is 11.7 Å². The number of ketones is 1. The lowest BCUT2D eigenvalue weighted by molar-refractivity contribution is -0.117. The average Bonchev–Trinajstić information content (AvgIpc) is 2.53. The largest absolute Gasteiger partial charge is 0.300 e. The molecule has 1 nitrogen and oxygen atoms in total. The molecule has 1 aromatic rings. The molecule has 1 aliphatic carbocycles. The lowest BCUT2D eigenvalue weighted by Gasteiger charge is -2.09. The summed E-state index contributed by atoms with van der Waals surface area (Å²) in [5.74, 6) is 0.851. The van der Waals surface area contributed by atoms with Gasteiger partial charge in [0.05, 0.1) is 0 Å². The van der Waals surface area contributed by atoms with Crippen LogP contribution in [-0.2, 0) is 4.79 Å². The van der Waals surface area contributed by atoms with Crippen molar-refractivity contribution in [1.82, 2.24) is 0 Å². The number of carbonyl (C=O) groups is 1. The molecule has 0 aliphatic heterocycles. The number of halogens is 1. The van der Waals surface area contributed by atoms with Crippen molar-refractivity contribution in [2.24, 2.45) is 0 Å². The Hall–Kier alpha value is -0.630. The molecule has 1 atom stereocenters.